The van der Waals surface area contributed by atoms with Gasteiger partial charge in [0.25, 0.3) is 0 Å². The normalized spacial score (nSPS) is 29.0. The molecule has 1 saturated heterocycles. The van der Waals surface area contributed by atoms with Crippen molar-refractivity contribution in [3.8, 4) is 11.5 Å². The summed E-state index contributed by atoms with van der Waals surface area (Å²) in [5.41, 5.74) is 3.02. The van der Waals surface area contributed by atoms with E-state index in [1.54, 1.807) is 14.2 Å². The lowest BCUT2D eigenvalue weighted by Gasteiger charge is -2.42. The molecule has 1 aliphatic heterocycles. The SMILES string of the molecule is COc1ccc([C@]23CCN(C)[C@H]2CCC=C3C)cc1OC. The summed E-state index contributed by atoms with van der Waals surface area (Å²) in [7, 11) is 5.65. The Bertz CT molecular complexity index is 566. The van der Waals surface area contributed by atoms with Gasteiger partial charge in [0.1, 0.15) is 0 Å². The first kappa shape index (κ1) is 14.5. The fourth-order valence-electron chi connectivity index (χ4n) is 4.30. The fourth-order valence-corrected chi connectivity index (χ4v) is 4.30. The maximum absolute atomic E-state index is 5.52. The Morgan fingerprint density at radius 2 is 1.95 bits per heavy atom. The summed E-state index contributed by atoms with van der Waals surface area (Å²) in [6, 6.07) is 7.03. The van der Waals surface area contributed by atoms with E-state index in [1.807, 2.05) is 6.07 Å². The summed E-state index contributed by atoms with van der Waals surface area (Å²) in [4.78, 5) is 2.52. The van der Waals surface area contributed by atoms with Crippen molar-refractivity contribution in [1.82, 2.24) is 4.90 Å². The number of fused-ring (bicyclic) bond motifs is 1. The minimum atomic E-state index is 0.145. The summed E-state index contributed by atoms with van der Waals surface area (Å²) < 4.78 is 10.9. The maximum Gasteiger partial charge on any atom is 0.161 e. The molecule has 0 radical (unpaired) electrons. The molecule has 3 rings (SSSR count). The van der Waals surface area contributed by atoms with Crippen molar-refractivity contribution >= 4 is 0 Å². The summed E-state index contributed by atoms with van der Waals surface area (Å²) in [5, 5.41) is 0. The lowest BCUT2D eigenvalue weighted by molar-refractivity contribution is 0.240. The van der Waals surface area contributed by atoms with Gasteiger partial charge in [0, 0.05) is 11.5 Å². The predicted octanol–water partition coefficient (Wildman–Crippen LogP) is 3.39. The van der Waals surface area contributed by atoms with Gasteiger partial charge in [0.05, 0.1) is 14.2 Å². The van der Waals surface area contributed by atoms with Crippen molar-refractivity contribution in [2.75, 3.05) is 27.8 Å². The third-order valence-corrected chi connectivity index (χ3v) is 5.45. The molecule has 3 nitrogen and oxygen atoms in total. The van der Waals surface area contributed by atoms with Gasteiger partial charge in [-0.1, -0.05) is 17.7 Å². The fraction of sp³-hybridized carbons (Fsp3) is 0.556. The molecule has 1 aromatic carbocycles. The van der Waals surface area contributed by atoms with Gasteiger partial charge < -0.3 is 14.4 Å². The lowest BCUT2D eigenvalue weighted by Crippen LogP contribution is -2.43. The first-order valence-electron chi connectivity index (χ1n) is 7.73. The van der Waals surface area contributed by atoms with E-state index in [4.69, 9.17) is 9.47 Å². The molecule has 21 heavy (non-hydrogen) atoms. The molecule has 1 aliphatic carbocycles. The van der Waals surface area contributed by atoms with Gasteiger partial charge in [-0.25, -0.2) is 0 Å². The summed E-state index contributed by atoms with van der Waals surface area (Å²) in [5.74, 6) is 1.63. The highest BCUT2D eigenvalue weighted by Crippen LogP contribution is 2.50. The molecule has 0 bridgehead atoms. The Morgan fingerprint density at radius 1 is 1.19 bits per heavy atom. The van der Waals surface area contributed by atoms with Crippen LogP contribution in [0.3, 0.4) is 0 Å². The van der Waals surface area contributed by atoms with Crippen LogP contribution in [0.15, 0.2) is 29.8 Å². The first-order valence-corrected chi connectivity index (χ1v) is 7.73. The predicted molar refractivity (Wildman–Crippen MR) is 85.3 cm³/mol. The van der Waals surface area contributed by atoms with Gasteiger partial charge in [-0.05, 0) is 57.5 Å². The zero-order valence-electron chi connectivity index (χ0n) is 13.5. The Balaban J connectivity index is 2.12. The van der Waals surface area contributed by atoms with Gasteiger partial charge in [-0.3, -0.25) is 0 Å². The topological polar surface area (TPSA) is 21.7 Å². The van der Waals surface area contributed by atoms with Crippen LogP contribution in [-0.4, -0.2) is 38.8 Å². The first-order chi connectivity index (χ1) is 10.1. The molecule has 0 amide bonds. The Kier molecular flexibility index (Phi) is 3.70. The summed E-state index contributed by atoms with van der Waals surface area (Å²) >= 11 is 0. The van der Waals surface area contributed by atoms with Crippen molar-refractivity contribution < 1.29 is 9.47 Å². The number of nitrogens with zero attached hydrogens (tertiary/aromatic N) is 1. The quantitative estimate of drug-likeness (QED) is 0.795. The minimum absolute atomic E-state index is 0.145. The highest BCUT2D eigenvalue weighted by atomic mass is 16.5. The highest BCUT2D eigenvalue weighted by Gasteiger charge is 2.49. The molecule has 0 aromatic heterocycles. The summed E-state index contributed by atoms with van der Waals surface area (Å²) in [6.07, 6.45) is 6.04. The van der Waals surface area contributed by atoms with E-state index in [2.05, 4.69) is 37.1 Å². The number of ether oxygens (including phenoxy) is 2. The molecule has 1 heterocycles. The van der Waals surface area contributed by atoms with E-state index < -0.39 is 0 Å². The third-order valence-electron chi connectivity index (χ3n) is 5.45. The minimum Gasteiger partial charge on any atom is -0.493 e. The molecule has 1 aromatic rings. The van der Waals surface area contributed by atoms with Crippen LogP contribution in [0.25, 0.3) is 0 Å². The van der Waals surface area contributed by atoms with Crippen molar-refractivity contribution in [3.05, 3.63) is 35.4 Å². The van der Waals surface area contributed by atoms with Crippen molar-refractivity contribution in [2.45, 2.75) is 37.6 Å². The van der Waals surface area contributed by atoms with Crippen LogP contribution < -0.4 is 9.47 Å². The van der Waals surface area contributed by atoms with E-state index >= 15 is 0 Å². The van der Waals surface area contributed by atoms with Crippen molar-refractivity contribution in [3.63, 3.8) is 0 Å². The Morgan fingerprint density at radius 3 is 2.67 bits per heavy atom. The number of hydrogen-bond acceptors (Lipinski definition) is 3. The molecule has 0 unspecified atom stereocenters. The van der Waals surface area contributed by atoms with Crippen LogP contribution in [0.5, 0.6) is 11.5 Å². The van der Waals surface area contributed by atoms with Crippen LogP contribution in [0.4, 0.5) is 0 Å². The average molecular weight is 287 g/mol. The third kappa shape index (κ3) is 2.06. The van der Waals surface area contributed by atoms with Gasteiger partial charge in [0.2, 0.25) is 0 Å². The number of hydrogen-bond donors (Lipinski definition) is 0. The molecule has 1 fully saturated rings. The Hall–Kier alpha value is -1.48. The number of allylic oxidation sites excluding steroid dienone is 1. The van der Waals surface area contributed by atoms with Crippen LogP contribution in [0, 0.1) is 0 Å². The molecule has 0 N–H and O–H groups in total. The van der Waals surface area contributed by atoms with Crippen molar-refractivity contribution in [2.24, 2.45) is 0 Å². The van der Waals surface area contributed by atoms with Crippen molar-refractivity contribution in [1.29, 1.82) is 0 Å². The number of benzene rings is 1. The molecular formula is C18H25NO2. The molecule has 114 valence electrons. The van der Waals surface area contributed by atoms with Crippen LogP contribution in [-0.2, 0) is 5.41 Å². The van der Waals surface area contributed by atoms with E-state index in [-0.39, 0.29) is 5.41 Å². The van der Waals surface area contributed by atoms with E-state index in [0.29, 0.717) is 6.04 Å². The van der Waals surface area contributed by atoms with Gasteiger partial charge in [0.15, 0.2) is 11.5 Å². The lowest BCUT2D eigenvalue weighted by atomic mass is 9.65. The van der Waals surface area contributed by atoms with E-state index in [1.165, 1.54) is 30.4 Å². The zero-order chi connectivity index (χ0) is 15.0. The summed E-state index contributed by atoms with van der Waals surface area (Å²) in [6.45, 7) is 3.45. The molecule has 0 saturated carbocycles. The smallest absolute Gasteiger partial charge is 0.161 e. The molecule has 2 atom stereocenters. The second-order valence-electron chi connectivity index (χ2n) is 6.25. The maximum atomic E-state index is 5.52. The van der Waals surface area contributed by atoms with Gasteiger partial charge in [-0.2, -0.15) is 0 Å². The largest absolute Gasteiger partial charge is 0.493 e. The Labute approximate surface area is 127 Å². The average Bonchev–Trinajstić information content (AvgIpc) is 2.86. The van der Waals surface area contributed by atoms with Crippen LogP contribution in [0.1, 0.15) is 31.7 Å². The molecular weight excluding hydrogens is 262 g/mol. The van der Waals surface area contributed by atoms with Crippen LogP contribution in [0.2, 0.25) is 0 Å². The highest BCUT2D eigenvalue weighted by molar-refractivity contribution is 5.50. The molecule has 2 aliphatic rings. The van der Waals surface area contributed by atoms with E-state index in [0.717, 1.165) is 18.0 Å². The number of rotatable bonds is 3. The van der Waals surface area contributed by atoms with Gasteiger partial charge >= 0.3 is 0 Å². The van der Waals surface area contributed by atoms with Gasteiger partial charge in [-0.15, -0.1) is 0 Å². The standard InChI is InChI=1S/C18H25NO2/c1-13-6-5-7-17-18(13,10-11-19(17)2)14-8-9-15(20-3)16(12-14)21-4/h6,8-9,12,17H,5,7,10-11H2,1-4H3/t17-,18+/m0/s1. The number of likely N-dealkylation sites (N-methyl/N-ethyl adjacent to an activating group) is 1. The van der Waals surface area contributed by atoms with E-state index in [9.17, 15) is 0 Å². The second kappa shape index (κ2) is 5.38. The zero-order valence-corrected chi connectivity index (χ0v) is 13.5. The number of methoxy groups -OCH3 is 2. The second-order valence-corrected chi connectivity index (χ2v) is 6.25. The number of likely N-dealkylation sites (tertiary alicyclic amines) is 1. The molecule has 0 spiro atoms. The monoisotopic (exact) mass is 287 g/mol. The van der Waals surface area contributed by atoms with Crippen LogP contribution >= 0.6 is 0 Å². The molecule has 3 heteroatoms.